The zero-order chi connectivity index (χ0) is 25.8. The number of nitrogens with zero attached hydrogens (tertiary/aromatic N) is 2. The summed E-state index contributed by atoms with van der Waals surface area (Å²) in [5.74, 6) is -0.778. The third-order valence-electron chi connectivity index (χ3n) is 6.15. The second kappa shape index (κ2) is 10.8. The fourth-order valence-corrected chi connectivity index (χ4v) is 3.93. The number of amides is 4. The van der Waals surface area contributed by atoms with E-state index in [4.69, 9.17) is 4.42 Å². The van der Waals surface area contributed by atoms with Crippen LogP contribution < -0.4 is 10.6 Å². The smallest absolute Gasteiger partial charge is 0.416 e. The van der Waals surface area contributed by atoms with E-state index in [9.17, 15) is 27.6 Å². The van der Waals surface area contributed by atoms with Gasteiger partial charge < -0.3 is 24.9 Å². The second-order valence-electron chi connectivity index (χ2n) is 8.65. The molecule has 3 atom stereocenters. The fraction of sp³-hybridized carbons (Fsp3) is 0.458. The molecule has 0 spiro atoms. The van der Waals surface area contributed by atoms with Crippen LogP contribution in [0.15, 0.2) is 47.1 Å². The molecule has 35 heavy (non-hydrogen) atoms. The van der Waals surface area contributed by atoms with Crippen LogP contribution in [0.2, 0.25) is 0 Å². The molecular formula is C24H29F3N4O4. The standard InChI is InChI=1S/C24H29F3N4O4/c1-4-15(2)20(29-21(32)19-9-6-12-35-19)22(33)30-10-11-31(16(3)14-30)23(34)28-18-8-5-7-17(13-18)24(25,26)27/h5-9,12-13,15-16,20H,4,10-11,14H2,1-3H3,(H,28,34)(H,29,32). The molecule has 1 aromatic carbocycles. The van der Waals surface area contributed by atoms with Gasteiger partial charge >= 0.3 is 12.2 Å². The summed E-state index contributed by atoms with van der Waals surface area (Å²) in [6.45, 7) is 6.18. The number of nitrogens with one attached hydrogen (secondary N) is 2. The lowest BCUT2D eigenvalue weighted by molar-refractivity contribution is -0.138. The van der Waals surface area contributed by atoms with Crippen LogP contribution in [0.3, 0.4) is 0 Å². The Hall–Kier alpha value is -3.50. The van der Waals surface area contributed by atoms with Crippen molar-refractivity contribution in [3.8, 4) is 0 Å². The van der Waals surface area contributed by atoms with E-state index in [1.165, 1.54) is 29.4 Å². The highest BCUT2D eigenvalue weighted by atomic mass is 19.4. The summed E-state index contributed by atoms with van der Waals surface area (Å²) in [4.78, 5) is 41.6. The molecule has 190 valence electrons. The summed E-state index contributed by atoms with van der Waals surface area (Å²) in [5, 5.41) is 5.26. The van der Waals surface area contributed by atoms with E-state index in [1.807, 2.05) is 13.8 Å². The van der Waals surface area contributed by atoms with Crippen LogP contribution in [0.4, 0.5) is 23.7 Å². The van der Waals surface area contributed by atoms with Crippen LogP contribution in [0.25, 0.3) is 0 Å². The molecule has 1 aliphatic heterocycles. The predicted molar refractivity (Wildman–Crippen MR) is 123 cm³/mol. The number of hydrogen-bond acceptors (Lipinski definition) is 4. The molecule has 2 heterocycles. The van der Waals surface area contributed by atoms with Gasteiger partial charge in [-0.25, -0.2) is 4.79 Å². The van der Waals surface area contributed by atoms with Gasteiger partial charge in [0.1, 0.15) is 6.04 Å². The van der Waals surface area contributed by atoms with E-state index in [1.54, 1.807) is 17.9 Å². The third-order valence-corrected chi connectivity index (χ3v) is 6.15. The molecule has 4 amide bonds. The zero-order valence-electron chi connectivity index (χ0n) is 19.8. The highest BCUT2D eigenvalue weighted by molar-refractivity contribution is 5.95. The Labute approximate surface area is 201 Å². The van der Waals surface area contributed by atoms with Gasteiger partial charge in [-0.2, -0.15) is 13.2 Å². The van der Waals surface area contributed by atoms with Crippen molar-refractivity contribution in [1.82, 2.24) is 15.1 Å². The van der Waals surface area contributed by atoms with Crippen molar-refractivity contribution in [2.24, 2.45) is 5.92 Å². The molecular weight excluding hydrogens is 465 g/mol. The number of carbonyl (C=O) groups is 3. The van der Waals surface area contributed by atoms with E-state index < -0.39 is 35.8 Å². The maximum atomic E-state index is 13.3. The van der Waals surface area contributed by atoms with Crippen LogP contribution in [0, 0.1) is 5.92 Å². The molecule has 2 aromatic rings. The van der Waals surface area contributed by atoms with E-state index in [-0.39, 0.29) is 42.9 Å². The minimum absolute atomic E-state index is 0.0352. The molecule has 8 nitrogen and oxygen atoms in total. The number of furan rings is 1. The third kappa shape index (κ3) is 6.34. The number of rotatable bonds is 6. The van der Waals surface area contributed by atoms with Gasteiger partial charge in [0.05, 0.1) is 11.8 Å². The SMILES string of the molecule is CCC(C)C(NC(=O)c1ccco1)C(=O)N1CCN(C(=O)Nc2cccc(C(F)(F)F)c2)C(C)C1. The second-order valence-corrected chi connectivity index (χ2v) is 8.65. The quantitative estimate of drug-likeness (QED) is 0.629. The van der Waals surface area contributed by atoms with Crippen LogP contribution in [0.1, 0.15) is 43.3 Å². The number of piperazine rings is 1. The van der Waals surface area contributed by atoms with E-state index in [0.29, 0.717) is 6.42 Å². The Morgan fingerprint density at radius 1 is 1.17 bits per heavy atom. The average molecular weight is 495 g/mol. The first-order valence-electron chi connectivity index (χ1n) is 11.4. The molecule has 2 N–H and O–H groups in total. The first kappa shape index (κ1) is 26.1. The lowest BCUT2D eigenvalue weighted by atomic mass is 9.97. The maximum absolute atomic E-state index is 13.3. The van der Waals surface area contributed by atoms with Gasteiger partial charge in [-0.05, 0) is 43.2 Å². The summed E-state index contributed by atoms with van der Waals surface area (Å²) >= 11 is 0. The minimum Gasteiger partial charge on any atom is -0.459 e. The molecule has 3 unspecified atom stereocenters. The van der Waals surface area contributed by atoms with Crippen molar-refractivity contribution in [3.05, 3.63) is 54.0 Å². The molecule has 0 aliphatic carbocycles. The molecule has 0 saturated carbocycles. The maximum Gasteiger partial charge on any atom is 0.416 e. The van der Waals surface area contributed by atoms with Crippen LogP contribution in [-0.4, -0.2) is 59.4 Å². The van der Waals surface area contributed by atoms with Crippen molar-refractivity contribution in [1.29, 1.82) is 0 Å². The number of urea groups is 1. The topological polar surface area (TPSA) is 94.9 Å². The summed E-state index contributed by atoms with van der Waals surface area (Å²) in [7, 11) is 0. The van der Waals surface area contributed by atoms with E-state index >= 15 is 0 Å². The Bertz CT molecular complexity index is 1040. The number of benzene rings is 1. The number of anilines is 1. The Kier molecular flexibility index (Phi) is 8.08. The normalized spacial score (nSPS) is 18.1. The van der Waals surface area contributed by atoms with Crippen molar-refractivity contribution in [3.63, 3.8) is 0 Å². The number of carbonyl (C=O) groups excluding carboxylic acids is 3. The fourth-order valence-electron chi connectivity index (χ4n) is 3.93. The highest BCUT2D eigenvalue weighted by Gasteiger charge is 2.36. The molecule has 1 fully saturated rings. The monoisotopic (exact) mass is 494 g/mol. The molecule has 3 rings (SSSR count). The molecule has 0 radical (unpaired) electrons. The first-order chi connectivity index (χ1) is 16.5. The van der Waals surface area contributed by atoms with Crippen molar-refractivity contribution < 1.29 is 32.0 Å². The van der Waals surface area contributed by atoms with E-state index in [0.717, 1.165) is 12.1 Å². The minimum atomic E-state index is -4.52. The molecule has 1 saturated heterocycles. The lowest BCUT2D eigenvalue weighted by Crippen LogP contribution is -2.60. The Balaban J connectivity index is 1.64. The van der Waals surface area contributed by atoms with Gasteiger partial charge in [-0.1, -0.05) is 26.3 Å². The summed E-state index contributed by atoms with van der Waals surface area (Å²) < 4.78 is 44.0. The summed E-state index contributed by atoms with van der Waals surface area (Å²) in [6.07, 6.45) is -2.48. The van der Waals surface area contributed by atoms with Crippen molar-refractivity contribution in [2.75, 3.05) is 25.0 Å². The van der Waals surface area contributed by atoms with E-state index in [2.05, 4.69) is 10.6 Å². The van der Waals surface area contributed by atoms with Crippen LogP contribution in [0.5, 0.6) is 0 Å². The highest BCUT2D eigenvalue weighted by Crippen LogP contribution is 2.30. The molecule has 0 bridgehead atoms. The van der Waals surface area contributed by atoms with Crippen molar-refractivity contribution >= 4 is 23.5 Å². The van der Waals surface area contributed by atoms with Gasteiger partial charge in [0.25, 0.3) is 5.91 Å². The Morgan fingerprint density at radius 2 is 1.91 bits per heavy atom. The number of halogens is 3. The Morgan fingerprint density at radius 3 is 2.51 bits per heavy atom. The zero-order valence-corrected chi connectivity index (χ0v) is 19.8. The molecule has 1 aliphatic rings. The summed E-state index contributed by atoms with van der Waals surface area (Å²) in [6, 6.07) is 5.81. The van der Waals surface area contributed by atoms with Gasteiger partial charge in [0.2, 0.25) is 5.91 Å². The molecule has 11 heteroatoms. The number of hydrogen-bond donors (Lipinski definition) is 2. The number of alkyl halides is 3. The lowest BCUT2D eigenvalue weighted by Gasteiger charge is -2.41. The van der Waals surface area contributed by atoms with Crippen molar-refractivity contribution in [2.45, 2.75) is 45.5 Å². The predicted octanol–water partition coefficient (Wildman–Crippen LogP) is 4.21. The van der Waals surface area contributed by atoms with Crippen LogP contribution in [-0.2, 0) is 11.0 Å². The summed E-state index contributed by atoms with van der Waals surface area (Å²) in [5.41, 5.74) is -0.820. The average Bonchev–Trinajstić information content (AvgIpc) is 3.36. The van der Waals surface area contributed by atoms with Gasteiger partial charge in [-0.15, -0.1) is 0 Å². The van der Waals surface area contributed by atoms with Crippen LogP contribution >= 0.6 is 0 Å². The van der Waals surface area contributed by atoms with Gasteiger partial charge in [0.15, 0.2) is 5.76 Å². The van der Waals surface area contributed by atoms with Gasteiger partial charge in [-0.3, -0.25) is 9.59 Å². The molecule has 1 aromatic heterocycles. The first-order valence-corrected chi connectivity index (χ1v) is 11.4. The largest absolute Gasteiger partial charge is 0.459 e. The van der Waals surface area contributed by atoms with Gasteiger partial charge in [0, 0.05) is 31.4 Å².